The Morgan fingerprint density at radius 1 is 1.26 bits per heavy atom. The van der Waals surface area contributed by atoms with Gasteiger partial charge in [0.1, 0.15) is 11.6 Å². The van der Waals surface area contributed by atoms with E-state index < -0.39 is 35.6 Å². The average Bonchev–Trinajstić information content (AvgIpc) is 3.48. The monoisotopic (exact) mass is 596 g/mol. The first-order valence-electron chi connectivity index (χ1n) is 14.2. The molecule has 1 N–H and O–H groups in total. The van der Waals surface area contributed by atoms with Crippen molar-refractivity contribution in [2.45, 2.75) is 100 Å². The van der Waals surface area contributed by atoms with Gasteiger partial charge in [-0.1, -0.05) is 54.3 Å². The number of allylic oxidation sites excluding steroid dienone is 1. The number of carbonyl (C=O) groups is 3. The van der Waals surface area contributed by atoms with Gasteiger partial charge in [-0.3, -0.25) is 14.4 Å². The van der Waals surface area contributed by atoms with Crippen molar-refractivity contribution >= 4 is 33.7 Å². The lowest BCUT2D eigenvalue weighted by Crippen LogP contribution is -2.58. The SMILES string of the molecule is C=CCCCOC(=O)[C@H]1[C@@H]2OC3(CC2Br)C(C(=O)N(CC=C)C(C)CCC)N(CCCCCCO)C(=O)[C@H]13. The highest BCUT2D eigenvalue weighted by molar-refractivity contribution is 9.09. The third-order valence-corrected chi connectivity index (χ3v) is 9.09. The third-order valence-electron chi connectivity index (χ3n) is 8.25. The number of hydrogen-bond donors (Lipinski definition) is 1. The highest BCUT2D eigenvalue weighted by atomic mass is 79.9. The first-order chi connectivity index (χ1) is 18.3. The van der Waals surface area contributed by atoms with Crippen LogP contribution in [0, 0.1) is 11.8 Å². The molecule has 2 amide bonds. The van der Waals surface area contributed by atoms with Crippen LogP contribution in [0.15, 0.2) is 25.3 Å². The van der Waals surface area contributed by atoms with E-state index in [4.69, 9.17) is 14.6 Å². The number of ether oxygens (including phenoxy) is 2. The molecule has 38 heavy (non-hydrogen) atoms. The highest BCUT2D eigenvalue weighted by Gasteiger charge is 2.77. The number of rotatable bonds is 17. The minimum absolute atomic E-state index is 0.0218. The zero-order valence-electron chi connectivity index (χ0n) is 23.0. The number of nitrogens with zero attached hydrogens (tertiary/aromatic N) is 2. The Bertz CT molecular complexity index is 868. The number of amides is 2. The molecule has 3 heterocycles. The fraction of sp³-hybridized carbons (Fsp3) is 0.759. The first-order valence-corrected chi connectivity index (χ1v) is 15.1. The van der Waals surface area contributed by atoms with Crippen molar-refractivity contribution in [3.63, 3.8) is 0 Å². The normalized spacial score (nSPS) is 30.3. The van der Waals surface area contributed by atoms with E-state index in [1.54, 1.807) is 17.1 Å². The van der Waals surface area contributed by atoms with Crippen molar-refractivity contribution in [2.24, 2.45) is 11.8 Å². The molecule has 3 rings (SSSR count). The second-order valence-electron chi connectivity index (χ2n) is 10.8. The number of carbonyl (C=O) groups excluding carboxylic acids is 3. The summed E-state index contributed by atoms with van der Waals surface area (Å²) in [5.41, 5.74) is -1.08. The van der Waals surface area contributed by atoms with Gasteiger partial charge in [-0.25, -0.2) is 0 Å². The van der Waals surface area contributed by atoms with E-state index in [0.717, 1.165) is 32.1 Å². The summed E-state index contributed by atoms with van der Waals surface area (Å²) in [5.74, 6) is -2.26. The Balaban J connectivity index is 1.94. The Labute approximate surface area is 235 Å². The van der Waals surface area contributed by atoms with Crippen LogP contribution in [0.2, 0.25) is 0 Å². The summed E-state index contributed by atoms with van der Waals surface area (Å²) in [6.45, 7) is 12.9. The lowest BCUT2D eigenvalue weighted by Gasteiger charge is -2.39. The molecule has 3 aliphatic rings. The van der Waals surface area contributed by atoms with Gasteiger partial charge in [0.05, 0.1) is 24.5 Å². The molecular weight excluding hydrogens is 552 g/mol. The Morgan fingerprint density at radius 3 is 2.66 bits per heavy atom. The number of fused-ring (bicyclic) bond motifs is 1. The number of aliphatic hydroxyl groups excluding tert-OH is 1. The zero-order valence-corrected chi connectivity index (χ0v) is 24.6. The van der Waals surface area contributed by atoms with Crippen LogP contribution in [0.1, 0.15) is 71.6 Å². The van der Waals surface area contributed by atoms with E-state index in [2.05, 4.69) is 36.0 Å². The highest BCUT2D eigenvalue weighted by Crippen LogP contribution is 2.60. The van der Waals surface area contributed by atoms with Crippen LogP contribution in [0.4, 0.5) is 0 Å². The molecule has 0 radical (unpaired) electrons. The second kappa shape index (κ2) is 14.1. The zero-order chi connectivity index (χ0) is 27.9. The standard InChI is InChI=1S/C29H45BrN2O6/c1-5-8-13-18-37-28(36)22-23-26(34)32(16-11-9-10-12-17-33)25(29(23)19-21(30)24(22)38-29)27(35)31(15-7-3)20(4)14-6-2/h5,7,20-25,33H,1,3,6,8-19H2,2,4H3/t20?,21?,22-,23+,24-,25?,29?/m1/s1. The third kappa shape index (κ3) is 6.04. The van der Waals surface area contributed by atoms with E-state index in [1.165, 1.54) is 0 Å². The van der Waals surface area contributed by atoms with Crippen molar-refractivity contribution in [1.29, 1.82) is 0 Å². The van der Waals surface area contributed by atoms with Gasteiger partial charge in [-0.15, -0.1) is 13.2 Å². The van der Waals surface area contributed by atoms with E-state index in [9.17, 15) is 14.4 Å². The number of alkyl halides is 1. The molecule has 0 aromatic rings. The van der Waals surface area contributed by atoms with E-state index in [-0.39, 0.29) is 35.9 Å². The second-order valence-corrected chi connectivity index (χ2v) is 12.0. The number of unbranched alkanes of at least 4 members (excludes halogenated alkanes) is 4. The largest absolute Gasteiger partial charge is 0.465 e. The van der Waals surface area contributed by atoms with Gasteiger partial charge in [0, 0.05) is 30.6 Å². The molecule has 0 saturated carbocycles. The Kier molecular flexibility index (Phi) is 11.4. The number of hydrogen-bond acceptors (Lipinski definition) is 6. The Hall–Kier alpha value is -1.71. The van der Waals surface area contributed by atoms with Crippen LogP contribution < -0.4 is 0 Å². The van der Waals surface area contributed by atoms with Crippen LogP contribution in [-0.4, -0.2) is 87.6 Å². The molecule has 0 aliphatic carbocycles. The summed E-state index contributed by atoms with van der Waals surface area (Å²) in [4.78, 5) is 45.0. The summed E-state index contributed by atoms with van der Waals surface area (Å²) < 4.78 is 12.2. The van der Waals surface area contributed by atoms with Gasteiger partial charge in [-0.2, -0.15) is 0 Å². The summed E-state index contributed by atoms with van der Waals surface area (Å²) in [5, 5.41) is 9.13. The molecule has 9 heteroatoms. The maximum absolute atomic E-state index is 14.3. The minimum atomic E-state index is -1.08. The number of likely N-dealkylation sites (tertiary alicyclic amines) is 1. The molecule has 4 unspecified atom stereocenters. The molecule has 0 aromatic carbocycles. The van der Waals surface area contributed by atoms with Crippen molar-refractivity contribution < 1.29 is 29.0 Å². The van der Waals surface area contributed by atoms with Crippen LogP contribution in [0.25, 0.3) is 0 Å². The molecule has 1 spiro atoms. The van der Waals surface area contributed by atoms with Crippen LogP contribution in [0.3, 0.4) is 0 Å². The fourth-order valence-electron chi connectivity index (χ4n) is 6.52. The Morgan fingerprint density at radius 2 is 2.00 bits per heavy atom. The molecule has 8 nitrogen and oxygen atoms in total. The predicted octanol–water partition coefficient (Wildman–Crippen LogP) is 4.00. The summed E-state index contributed by atoms with van der Waals surface area (Å²) in [6, 6.07) is -0.827. The fourth-order valence-corrected chi connectivity index (χ4v) is 7.46. The van der Waals surface area contributed by atoms with Gasteiger partial charge >= 0.3 is 5.97 Å². The lowest BCUT2D eigenvalue weighted by atomic mass is 9.70. The molecule has 3 aliphatic heterocycles. The van der Waals surface area contributed by atoms with Crippen LogP contribution in [0.5, 0.6) is 0 Å². The van der Waals surface area contributed by atoms with Gasteiger partial charge in [0.25, 0.3) is 0 Å². The van der Waals surface area contributed by atoms with Gasteiger partial charge < -0.3 is 24.4 Å². The van der Waals surface area contributed by atoms with Crippen molar-refractivity contribution in [3.8, 4) is 0 Å². The van der Waals surface area contributed by atoms with Gasteiger partial charge in [0.15, 0.2) is 0 Å². The van der Waals surface area contributed by atoms with Crippen molar-refractivity contribution in [3.05, 3.63) is 25.3 Å². The van der Waals surface area contributed by atoms with E-state index in [1.807, 2.05) is 11.8 Å². The summed E-state index contributed by atoms with van der Waals surface area (Å²) >= 11 is 3.71. The van der Waals surface area contributed by atoms with Crippen molar-refractivity contribution in [2.75, 3.05) is 26.3 Å². The average molecular weight is 598 g/mol. The number of halogens is 1. The van der Waals surface area contributed by atoms with Crippen LogP contribution in [-0.2, 0) is 23.9 Å². The number of esters is 1. The van der Waals surface area contributed by atoms with Gasteiger partial charge in [-0.05, 0) is 45.4 Å². The molecule has 0 aromatic heterocycles. The van der Waals surface area contributed by atoms with Gasteiger partial charge in [0.2, 0.25) is 11.8 Å². The molecular formula is C29H45BrN2O6. The lowest BCUT2D eigenvalue weighted by molar-refractivity contribution is -0.155. The topological polar surface area (TPSA) is 96.4 Å². The summed E-state index contributed by atoms with van der Waals surface area (Å²) in [7, 11) is 0. The predicted molar refractivity (Wildman–Crippen MR) is 150 cm³/mol. The smallest absolute Gasteiger partial charge is 0.312 e. The van der Waals surface area contributed by atoms with E-state index >= 15 is 0 Å². The van der Waals surface area contributed by atoms with Crippen molar-refractivity contribution in [1.82, 2.24) is 9.80 Å². The van der Waals surface area contributed by atoms with E-state index in [0.29, 0.717) is 38.8 Å². The molecule has 3 saturated heterocycles. The molecule has 2 bridgehead atoms. The van der Waals surface area contributed by atoms with Crippen LogP contribution >= 0.6 is 15.9 Å². The molecule has 214 valence electrons. The minimum Gasteiger partial charge on any atom is -0.465 e. The number of aliphatic hydroxyl groups is 1. The summed E-state index contributed by atoms with van der Waals surface area (Å²) in [6.07, 6.45) is 9.74. The quantitative estimate of drug-likeness (QED) is 0.118. The maximum atomic E-state index is 14.3. The first kappa shape index (κ1) is 30.8. The molecule has 7 atom stereocenters. The molecule has 3 fully saturated rings. The maximum Gasteiger partial charge on any atom is 0.312 e.